The topological polar surface area (TPSA) is 29.3 Å². The molecular formula is C11H10Cl3F3N2. The highest BCUT2D eigenvalue weighted by atomic mass is 35.5. The normalized spacial score (nSPS) is 13.3. The zero-order valence-corrected chi connectivity index (χ0v) is 12.2. The van der Waals surface area contributed by atoms with Crippen LogP contribution >= 0.6 is 34.8 Å². The Labute approximate surface area is 123 Å². The first-order valence-electron chi connectivity index (χ1n) is 4.95. The molecule has 0 heterocycles. The minimum Gasteiger partial charge on any atom is -0.397 e. The largest absolute Gasteiger partial charge is 0.428 e. The third kappa shape index (κ3) is 3.61. The van der Waals surface area contributed by atoms with Crippen molar-refractivity contribution in [2.45, 2.75) is 6.18 Å². The molecule has 0 saturated heterocycles. The Balaban J connectivity index is 3.40. The number of halogens is 6. The lowest BCUT2D eigenvalue weighted by molar-refractivity contribution is -0.0840. The Bertz CT molecular complexity index is 501. The van der Waals surface area contributed by atoms with E-state index in [4.69, 9.17) is 40.5 Å². The summed E-state index contributed by atoms with van der Waals surface area (Å²) in [6.45, 7) is 0. The second-order valence-electron chi connectivity index (χ2n) is 3.91. The number of hydrogen-bond donors (Lipinski definition) is 1. The highest BCUT2D eigenvalue weighted by Crippen LogP contribution is 2.38. The Hall–Kier alpha value is -0.780. The van der Waals surface area contributed by atoms with Crippen molar-refractivity contribution in [3.8, 4) is 0 Å². The molecule has 2 N–H and O–H groups in total. The van der Waals surface area contributed by atoms with Crippen LogP contribution in [0.25, 0.3) is 5.70 Å². The molecule has 0 unspecified atom stereocenters. The maximum absolute atomic E-state index is 12.4. The van der Waals surface area contributed by atoms with Gasteiger partial charge in [0.1, 0.15) is 5.03 Å². The number of alkyl halides is 3. The lowest BCUT2D eigenvalue weighted by atomic mass is 10.1. The van der Waals surface area contributed by atoms with E-state index in [2.05, 4.69) is 0 Å². The van der Waals surface area contributed by atoms with E-state index in [9.17, 15) is 13.2 Å². The molecule has 0 aliphatic heterocycles. The maximum Gasteiger partial charge on any atom is 0.428 e. The van der Waals surface area contributed by atoms with Crippen LogP contribution in [0.2, 0.25) is 10.0 Å². The van der Waals surface area contributed by atoms with Crippen LogP contribution < -0.4 is 10.6 Å². The second-order valence-corrected chi connectivity index (χ2v) is 5.10. The predicted octanol–water partition coefficient (Wildman–Crippen LogP) is 4.49. The zero-order valence-electron chi connectivity index (χ0n) is 9.95. The number of hydrogen-bond acceptors (Lipinski definition) is 2. The van der Waals surface area contributed by atoms with E-state index in [0.717, 1.165) is 0 Å². The van der Waals surface area contributed by atoms with Crippen molar-refractivity contribution in [1.29, 1.82) is 0 Å². The minimum atomic E-state index is -4.72. The first-order chi connectivity index (χ1) is 8.55. The summed E-state index contributed by atoms with van der Waals surface area (Å²) >= 11 is 17.1. The fourth-order valence-corrected chi connectivity index (χ4v) is 2.36. The molecule has 0 radical (unpaired) electrons. The lowest BCUT2D eigenvalue weighted by Crippen LogP contribution is -2.14. The van der Waals surface area contributed by atoms with Gasteiger partial charge in [-0.1, -0.05) is 34.8 Å². The van der Waals surface area contributed by atoms with E-state index in [-0.39, 0.29) is 15.6 Å². The van der Waals surface area contributed by atoms with Gasteiger partial charge >= 0.3 is 6.18 Å². The standard InChI is InChI=1S/C11H10Cl3F3N2/c1-19(2)9-6(12)3-5(4-7(9)13)8(18)10(14)11(15,16)17/h3-4H,18H2,1-2H3/b10-8+. The van der Waals surface area contributed by atoms with Crippen molar-refractivity contribution >= 4 is 46.2 Å². The molecule has 1 rings (SSSR count). The van der Waals surface area contributed by atoms with Crippen LogP contribution in [0.3, 0.4) is 0 Å². The number of benzene rings is 1. The first-order valence-corrected chi connectivity index (χ1v) is 6.08. The molecule has 0 aromatic heterocycles. The van der Waals surface area contributed by atoms with Gasteiger partial charge in [-0.15, -0.1) is 0 Å². The van der Waals surface area contributed by atoms with Crippen LogP contribution in [0.15, 0.2) is 17.2 Å². The molecule has 0 aliphatic carbocycles. The summed E-state index contributed by atoms with van der Waals surface area (Å²) in [4.78, 5) is 1.64. The quantitative estimate of drug-likeness (QED) is 0.864. The fourth-order valence-electron chi connectivity index (χ4n) is 1.43. The molecule has 2 nitrogen and oxygen atoms in total. The van der Waals surface area contributed by atoms with Crippen molar-refractivity contribution in [3.63, 3.8) is 0 Å². The molecule has 0 bridgehead atoms. The zero-order chi connectivity index (χ0) is 15.0. The van der Waals surface area contributed by atoms with Crippen LogP contribution in [-0.4, -0.2) is 20.3 Å². The number of nitrogens with two attached hydrogens (primary N) is 1. The Morgan fingerprint density at radius 1 is 1.16 bits per heavy atom. The van der Waals surface area contributed by atoms with Gasteiger partial charge in [0.05, 0.1) is 21.4 Å². The average Bonchev–Trinajstić information content (AvgIpc) is 2.24. The molecule has 0 amide bonds. The second kappa shape index (κ2) is 5.69. The van der Waals surface area contributed by atoms with Gasteiger partial charge in [0.2, 0.25) is 0 Å². The van der Waals surface area contributed by atoms with Crippen LogP contribution in [0.5, 0.6) is 0 Å². The Morgan fingerprint density at radius 2 is 1.58 bits per heavy atom. The maximum atomic E-state index is 12.4. The van der Waals surface area contributed by atoms with Gasteiger partial charge in [0.25, 0.3) is 0 Å². The summed E-state index contributed by atoms with van der Waals surface area (Å²) < 4.78 is 37.3. The molecule has 0 atom stereocenters. The molecule has 0 aliphatic rings. The van der Waals surface area contributed by atoms with Gasteiger partial charge in [0.15, 0.2) is 0 Å². The first kappa shape index (κ1) is 16.3. The highest BCUT2D eigenvalue weighted by molar-refractivity contribution is 6.39. The SMILES string of the molecule is CN(C)c1c(Cl)cc(/C(N)=C(\Cl)C(F)(F)F)cc1Cl. The van der Waals surface area contributed by atoms with Gasteiger partial charge in [-0.2, -0.15) is 13.2 Å². The molecule has 19 heavy (non-hydrogen) atoms. The molecule has 0 spiro atoms. The van der Waals surface area contributed by atoms with Crippen LogP contribution in [0.4, 0.5) is 18.9 Å². The molecular weight excluding hydrogens is 323 g/mol. The van der Waals surface area contributed by atoms with E-state index in [1.807, 2.05) is 0 Å². The number of anilines is 1. The van der Waals surface area contributed by atoms with Crippen molar-refractivity contribution in [2.24, 2.45) is 5.73 Å². The third-order valence-electron chi connectivity index (χ3n) is 2.26. The summed E-state index contributed by atoms with van der Waals surface area (Å²) in [7, 11) is 3.41. The molecule has 0 saturated carbocycles. The van der Waals surface area contributed by atoms with E-state index < -0.39 is 16.9 Å². The summed E-state index contributed by atoms with van der Waals surface area (Å²) in [6, 6.07) is 2.57. The third-order valence-corrected chi connectivity index (χ3v) is 3.25. The molecule has 8 heteroatoms. The Morgan fingerprint density at radius 3 is 1.89 bits per heavy atom. The Kier molecular flexibility index (Phi) is 4.87. The van der Waals surface area contributed by atoms with Crippen LogP contribution in [-0.2, 0) is 0 Å². The fraction of sp³-hybridized carbons (Fsp3) is 0.273. The molecule has 106 valence electrons. The van der Waals surface area contributed by atoms with Crippen LogP contribution in [0.1, 0.15) is 5.56 Å². The van der Waals surface area contributed by atoms with E-state index in [1.54, 1.807) is 19.0 Å². The number of nitrogens with zero attached hydrogens (tertiary/aromatic N) is 1. The average molecular weight is 334 g/mol. The molecule has 1 aromatic rings. The van der Waals surface area contributed by atoms with E-state index >= 15 is 0 Å². The molecule has 0 fully saturated rings. The van der Waals surface area contributed by atoms with E-state index in [1.165, 1.54) is 12.1 Å². The van der Waals surface area contributed by atoms with Crippen LogP contribution in [0, 0.1) is 0 Å². The highest BCUT2D eigenvalue weighted by Gasteiger charge is 2.35. The number of rotatable bonds is 2. The lowest BCUT2D eigenvalue weighted by Gasteiger charge is -2.18. The predicted molar refractivity (Wildman–Crippen MR) is 73.8 cm³/mol. The van der Waals surface area contributed by atoms with Gasteiger partial charge in [-0.25, -0.2) is 0 Å². The van der Waals surface area contributed by atoms with Crippen molar-refractivity contribution in [1.82, 2.24) is 0 Å². The van der Waals surface area contributed by atoms with Gasteiger partial charge in [0, 0.05) is 19.7 Å². The molecule has 1 aromatic carbocycles. The van der Waals surface area contributed by atoms with E-state index in [0.29, 0.717) is 5.69 Å². The number of allylic oxidation sites excluding steroid dienone is 1. The van der Waals surface area contributed by atoms with Crippen molar-refractivity contribution < 1.29 is 13.2 Å². The smallest absolute Gasteiger partial charge is 0.397 e. The monoisotopic (exact) mass is 332 g/mol. The van der Waals surface area contributed by atoms with Gasteiger partial charge in [-0.05, 0) is 12.1 Å². The van der Waals surface area contributed by atoms with Crippen molar-refractivity contribution in [3.05, 3.63) is 32.8 Å². The van der Waals surface area contributed by atoms with Gasteiger partial charge in [-0.3, -0.25) is 0 Å². The summed E-state index contributed by atoms with van der Waals surface area (Å²) in [5, 5.41) is -1.04. The summed E-state index contributed by atoms with van der Waals surface area (Å²) in [5.41, 5.74) is 5.27. The summed E-state index contributed by atoms with van der Waals surface area (Å²) in [6.07, 6.45) is -4.72. The summed E-state index contributed by atoms with van der Waals surface area (Å²) in [5.74, 6) is 0. The minimum absolute atomic E-state index is 0.0166. The van der Waals surface area contributed by atoms with Crippen molar-refractivity contribution in [2.75, 3.05) is 19.0 Å². The van der Waals surface area contributed by atoms with Gasteiger partial charge < -0.3 is 10.6 Å².